The first kappa shape index (κ1) is 18.2. The minimum Gasteiger partial charge on any atom is -0.454 e. The minimum atomic E-state index is -0.284. The van der Waals surface area contributed by atoms with E-state index in [-0.39, 0.29) is 31.1 Å². The molecule has 1 amide bonds. The molecule has 2 aromatic rings. The Balaban J connectivity index is 1.55. The minimum absolute atomic E-state index is 0.0654. The number of hydrogen-bond acceptors (Lipinski definition) is 4. The van der Waals surface area contributed by atoms with E-state index in [9.17, 15) is 9.18 Å². The molecule has 0 radical (unpaired) electrons. The van der Waals surface area contributed by atoms with Crippen molar-refractivity contribution in [3.63, 3.8) is 0 Å². The summed E-state index contributed by atoms with van der Waals surface area (Å²) in [6.45, 7) is 5.83. The number of halogens is 1. The molecule has 0 saturated heterocycles. The largest absolute Gasteiger partial charge is 0.454 e. The van der Waals surface area contributed by atoms with Gasteiger partial charge in [0.25, 0.3) is 0 Å². The number of ether oxygens (including phenoxy) is 2. The van der Waals surface area contributed by atoms with Gasteiger partial charge in [-0.3, -0.25) is 9.69 Å². The van der Waals surface area contributed by atoms with Crippen molar-refractivity contribution in [3.8, 4) is 11.5 Å². The lowest BCUT2D eigenvalue weighted by Crippen LogP contribution is -2.38. The van der Waals surface area contributed by atoms with Gasteiger partial charge in [0.15, 0.2) is 11.5 Å². The van der Waals surface area contributed by atoms with Crippen LogP contribution in [0.4, 0.5) is 4.39 Å². The summed E-state index contributed by atoms with van der Waals surface area (Å²) in [5.41, 5.74) is 1.94. The quantitative estimate of drug-likeness (QED) is 0.825. The van der Waals surface area contributed by atoms with E-state index in [0.29, 0.717) is 6.54 Å². The first-order valence-corrected chi connectivity index (χ1v) is 8.71. The number of nitrogens with zero attached hydrogens (tertiary/aromatic N) is 1. The normalized spacial score (nSPS) is 13.7. The molecule has 0 spiro atoms. The Kier molecular flexibility index (Phi) is 5.73. The van der Waals surface area contributed by atoms with Crippen molar-refractivity contribution >= 4 is 5.91 Å². The highest BCUT2D eigenvalue weighted by Gasteiger charge is 2.16. The number of carbonyl (C=O) groups excluding carboxylic acids is 1. The monoisotopic (exact) mass is 358 g/mol. The molecule has 1 aliphatic heterocycles. The number of amides is 1. The number of hydrogen-bond donors (Lipinski definition) is 1. The molecule has 0 saturated carbocycles. The van der Waals surface area contributed by atoms with Crippen molar-refractivity contribution in [1.29, 1.82) is 0 Å². The van der Waals surface area contributed by atoms with Crippen LogP contribution in [0.25, 0.3) is 0 Å². The smallest absolute Gasteiger partial charge is 0.234 e. The number of carbonyl (C=O) groups is 1. The predicted octanol–water partition coefficient (Wildman–Crippen LogP) is 3.25. The molecule has 0 fully saturated rings. The van der Waals surface area contributed by atoms with Gasteiger partial charge in [-0.25, -0.2) is 4.39 Å². The number of nitrogens with one attached hydrogen (secondary N) is 1. The number of rotatable bonds is 7. The lowest BCUT2D eigenvalue weighted by atomic mass is 10.1. The van der Waals surface area contributed by atoms with Crippen LogP contribution in [0, 0.1) is 5.82 Å². The van der Waals surface area contributed by atoms with E-state index in [0.717, 1.165) is 29.2 Å². The Bertz CT molecular complexity index is 764. The average Bonchev–Trinajstić information content (AvgIpc) is 3.09. The predicted molar refractivity (Wildman–Crippen MR) is 96.5 cm³/mol. The van der Waals surface area contributed by atoms with Gasteiger partial charge in [0.1, 0.15) is 5.82 Å². The van der Waals surface area contributed by atoms with E-state index in [1.807, 2.05) is 36.9 Å². The second-order valence-electron chi connectivity index (χ2n) is 6.33. The zero-order valence-electron chi connectivity index (χ0n) is 15.0. The molecule has 1 aliphatic rings. The van der Waals surface area contributed by atoms with Crippen LogP contribution in [-0.4, -0.2) is 30.7 Å². The van der Waals surface area contributed by atoms with Gasteiger partial charge in [-0.05, 0) is 48.9 Å². The zero-order valence-corrected chi connectivity index (χ0v) is 15.0. The fourth-order valence-electron chi connectivity index (χ4n) is 2.90. The summed E-state index contributed by atoms with van der Waals surface area (Å²) in [4.78, 5) is 14.4. The van der Waals surface area contributed by atoms with Crippen LogP contribution in [0.15, 0.2) is 42.5 Å². The van der Waals surface area contributed by atoms with E-state index in [1.54, 1.807) is 12.1 Å². The summed E-state index contributed by atoms with van der Waals surface area (Å²) in [6, 6.07) is 11.8. The van der Waals surface area contributed by atoms with Crippen molar-refractivity contribution < 1.29 is 18.7 Å². The van der Waals surface area contributed by atoms with E-state index in [1.165, 1.54) is 12.1 Å². The lowest BCUT2D eigenvalue weighted by Gasteiger charge is -2.22. The van der Waals surface area contributed by atoms with Crippen LogP contribution in [0.1, 0.15) is 31.0 Å². The van der Waals surface area contributed by atoms with Gasteiger partial charge < -0.3 is 14.8 Å². The molecule has 1 atom stereocenters. The molecule has 0 aromatic heterocycles. The number of benzene rings is 2. The van der Waals surface area contributed by atoms with Crippen molar-refractivity contribution in [2.24, 2.45) is 0 Å². The first-order valence-electron chi connectivity index (χ1n) is 8.71. The molecular formula is C20H23FN2O3. The molecule has 0 bridgehead atoms. The third-order valence-corrected chi connectivity index (χ3v) is 4.41. The molecule has 138 valence electrons. The summed E-state index contributed by atoms with van der Waals surface area (Å²) in [6.07, 6.45) is 0. The van der Waals surface area contributed by atoms with Crippen LogP contribution in [0.5, 0.6) is 11.5 Å². The van der Waals surface area contributed by atoms with E-state index in [2.05, 4.69) is 5.32 Å². The fraction of sp³-hybridized carbons (Fsp3) is 0.350. The van der Waals surface area contributed by atoms with E-state index >= 15 is 0 Å². The van der Waals surface area contributed by atoms with Crippen molar-refractivity contribution in [2.75, 3.05) is 19.9 Å². The van der Waals surface area contributed by atoms with Crippen LogP contribution in [0.2, 0.25) is 0 Å². The van der Waals surface area contributed by atoms with Gasteiger partial charge in [-0.1, -0.05) is 25.1 Å². The van der Waals surface area contributed by atoms with Crippen molar-refractivity contribution in [3.05, 3.63) is 59.4 Å². The average molecular weight is 358 g/mol. The molecule has 5 nitrogen and oxygen atoms in total. The molecule has 0 aliphatic carbocycles. The van der Waals surface area contributed by atoms with E-state index < -0.39 is 0 Å². The second kappa shape index (κ2) is 8.19. The first-order chi connectivity index (χ1) is 12.5. The maximum atomic E-state index is 13.0. The molecule has 3 rings (SSSR count). The summed E-state index contributed by atoms with van der Waals surface area (Å²) in [5, 5.41) is 2.96. The Morgan fingerprint density at radius 2 is 1.92 bits per heavy atom. The maximum Gasteiger partial charge on any atom is 0.234 e. The van der Waals surface area contributed by atoms with E-state index in [4.69, 9.17) is 9.47 Å². The third-order valence-electron chi connectivity index (χ3n) is 4.41. The Labute approximate surface area is 152 Å². The summed E-state index contributed by atoms with van der Waals surface area (Å²) in [7, 11) is 0. The number of likely N-dealkylation sites (N-methyl/N-ethyl adjacent to an activating group) is 1. The molecule has 0 unspecified atom stereocenters. The second-order valence-corrected chi connectivity index (χ2v) is 6.33. The third kappa shape index (κ3) is 4.52. The highest BCUT2D eigenvalue weighted by atomic mass is 19.1. The molecule has 26 heavy (non-hydrogen) atoms. The van der Waals surface area contributed by atoms with Gasteiger partial charge in [-0.2, -0.15) is 0 Å². The molecular weight excluding hydrogens is 335 g/mol. The Morgan fingerprint density at radius 1 is 1.19 bits per heavy atom. The van der Waals surface area contributed by atoms with Crippen molar-refractivity contribution in [1.82, 2.24) is 10.2 Å². The topological polar surface area (TPSA) is 50.8 Å². The molecule has 6 heteroatoms. The van der Waals surface area contributed by atoms with Gasteiger partial charge in [0.2, 0.25) is 12.7 Å². The summed E-state index contributed by atoms with van der Waals surface area (Å²) in [5.74, 6) is 1.15. The Hall–Kier alpha value is -2.60. The zero-order chi connectivity index (χ0) is 18.5. The van der Waals surface area contributed by atoms with Crippen LogP contribution in [0.3, 0.4) is 0 Å². The number of fused-ring (bicyclic) bond motifs is 1. The standard InChI is InChI=1S/C20H23FN2O3/c1-3-23(11-15-4-9-18-19(10-15)26-13-25-18)12-20(24)22-14(2)16-5-7-17(21)8-6-16/h4-10,14H,3,11-13H2,1-2H3,(H,22,24)/t14-/m0/s1. The highest BCUT2D eigenvalue weighted by Crippen LogP contribution is 2.32. The van der Waals surface area contributed by atoms with Crippen LogP contribution in [-0.2, 0) is 11.3 Å². The Morgan fingerprint density at radius 3 is 2.65 bits per heavy atom. The summed E-state index contributed by atoms with van der Waals surface area (Å²) < 4.78 is 23.7. The van der Waals surface area contributed by atoms with Crippen LogP contribution < -0.4 is 14.8 Å². The fourth-order valence-corrected chi connectivity index (χ4v) is 2.90. The van der Waals surface area contributed by atoms with Crippen LogP contribution >= 0.6 is 0 Å². The molecule has 1 heterocycles. The van der Waals surface area contributed by atoms with Gasteiger partial charge in [-0.15, -0.1) is 0 Å². The SMILES string of the molecule is CCN(CC(=O)N[C@@H](C)c1ccc(F)cc1)Cc1ccc2c(c1)OCO2. The maximum absolute atomic E-state index is 13.0. The molecule has 2 aromatic carbocycles. The molecule has 1 N–H and O–H groups in total. The van der Waals surface area contributed by atoms with Gasteiger partial charge >= 0.3 is 0 Å². The summed E-state index contributed by atoms with van der Waals surface area (Å²) >= 11 is 0. The van der Waals surface area contributed by atoms with Gasteiger partial charge in [0.05, 0.1) is 12.6 Å². The highest BCUT2D eigenvalue weighted by molar-refractivity contribution is 5.78. The van der Waals surface area contributed by atoms with Gasteiger partial charge in [0, 0.05) is 6.54 Å². The van der Waals surface area contributed by atoms with Crippen molar-refractivity contribution in [2.45, 2.75) is 26.4 Å². The lowest BCUT2D eigenvalue weighted by molar-refractivity contribution is -0.123.